The zero-order valence-electron chi connectivity index (χ0n) is 20.1. The summed E-state index contributed by atoms with van der Waals surface area (Å²) in [6.07, 6.45) is 1.44. The first-order valence-electron chi connectivity index (χ1n) is 11.7. The molecular formula is C26H26F3N5O2. The molecule has 0 bridgehead atoms. The number of aryl methyl sites for hydroxylation is 2. The number of nitrogens with one attached hydrogen (secondary N) is 1. The van der Waals surface area contributed by atoms with Gasteiger partial charge in [0.1, 0.15) is 29.3 Å². The molecule has 0 spiro atoms. The van der Waals surface area contributed by atoms with E-state index < -0.39 is 23.8 Å². The summed E-state index contributed by atoms with van der Waals surface area (Å²) in [5.74, 6) is 0.665. The molecule has 188 valence electrons. The summed E-state index contributed by atoms with van der Waals surface area (Å²) in [4.78, 5) is 9.15. The molecular weight excluding hydrogens is 471 g/mol. The number of halogens is 3. The Bertz CT molecular complexity index is 1400. The van der Waals surface area contributed by atoms with Gasteiger partial charge < -0.3 is 14.8 Å². The van der Waals surface area contributed by atoms with Gasteiger partial charge in [-0.15, -0.1) is 0 Å². The van der Waals surface area contributed by atoms with E-state index in [9.17, 15) is 13.2 Å². The number of fused-ring (bicyclic) bond motifs is 1. The second-order valence-electron chi connectivity index (χ2n) is 8.91. The van der Waals surface area contributed by atoms with E-state index in [1.807, 2.05) is 25.4 Å². The van der Waals surface area contributed by atoms with Crippen molar-refractivity contribution in [3.63, 3.8) is 0 Å². The molecule has 3 heterocycles. The van der Waals surface area contributed by atoms with Crippen LogP contribution < -0.4 is 10.1 Å². The Hall–Kier alpha value is -3.66. The van der Waals surface area contributed by atoms with Crippen molar-refractivity contribution in [2.75, 3.05) is 18.5 Å². The summed E-state index contributed by atoms with van der Waals surface area (Å²) in [7, 11) is 1.84. The van der Waals surface area contributed by atoms with E-state index in [1.165, 1.54) is 12.1 Å². The van der Waals surface area contributed by atoms with E-state index in [-0.39, 0.29) is 11.7 Å². The van der Waals surface area contributed by atoms with Crippen molar-refractivity contribution in [3.8, 4) is 16.9 Å². The lowest BCUT2D eigenvalue weighted by atomic mass is 10.0. The van der Waals surface area contributed by atoms with Gasteiger partial charge in [0, 0.05) is 41.7 Å². The van der Waals surface area contributed by atoms with Gasteiger partial charge in [-0.05, 0) is 26.0 Å². The first-order chi connectivity index (χ1) is 17.3. The van der Waals surface area contributed by atoms with Crippen LogP contribution in [0.4, 0.5) is 19.0 Å². The van der Waals surface area contributed by atoms with Crippen molar-refractivity contribution in [1.82, 2.24) is 19.7 Å². The molecule has 1 saturated heterocycles. The minimum atomic E-state index is -2.90. The fourth-order valence-electron chi connectivity index (χ4n) is 4.40. The summed E-state index contributed by atoms with van der Waals surface area (Å²) in [5.41, 5.74) is 1.87. The molecule has 7 nitrogen and oxygen atoms in total. The molecule has 0 saturated carbocycles. The highest BCUT2D eigenvalue weighted by molar-refractivity contribution is 5.95. The molecule has 0 radical (unpaired) electrons. The molecule has 1 aliphatic heterocycles. The highest BCUT2D eigenvalue weighted by atomic mass is 19.3. The molecule has 1 aliphatic rings. The summed E-state index contributed by atoms with van der Waals surface area (Å²) < 4.78 is 54.8. The van der Waals surface area contributed by atoms with Crippen LogP contribution in [0.1, 0.15) is 42.8 Å². The number of anilines is 1. The van der Waals surface area contributed by atoms with Crippen LogP contribution in [0.3, 0.4) is 0 Å². The fraction of sp³-hybridized carbons (Fsp3) is 0.346. The van der Waals surface area contributed by atoms with Crippen LogP contribution in [-0.4, -0.2) is 39.1 Å². The molecule has 2 aromatic heterocycles. The number of ether oxygens (including phenoxy) is 2. The molecule has 0 unspecified atom stereocenters. The van der Waals surface area contributed by atoms with Crippen molar-refractivity contribution in [1.29, 1.82) is 0 Å². The average molecular weight is 498 g/mol. The molecule has 10 heteroatoms. The minimum absolute atomic E-state index is 0.0919. The van der Waals surface area contributed by atoms with E-state index >= 15 is 0 Å². The number of alkyl halides is 2. The van der Waals surface area contributed by atoms with Crippen molar-refractivity contribution in [3.05, 3.63) is 65.5 Å². The first-order valence-corrected chi connectivity index (χ1v) is 11.7. The topological polar surface area (TPSA) is 74.1 Å². The summed E-state index contributed by atoms with van der Waals surface area (Å²) in [6, 6.07) is 7.15. The first kappa shape index (κ1) is 24.1. The third-order valence-electron chi connectivity index (χ3n) is 6.22. The van der Waals surface area contributed by atoms with Gasteiger partial charge in [0.25, 0.3) is 6.43 Å². The quantitative estimate of drug-likeness (QED) is 0.350. The lowest BCUT2D eigenvalue weighted by Gasteiger charge is -2.20. The normalized spacial score (nSPS) is 16.6. The van der Waals surface area contributed by atoms with E-state index in [4.69, 9.17) is 9.47 Å². The van der Waals surface area contributed by atoms with Crippen molar-refractivity contribution >= 4 is 16.7 Å². The Labute approximate surface area is 206 Å². The van der Waals surface area contributed by atoms with Gasteiger partial charge in [-0.25, -0.2) is 23.1 Å². The summed E-state index contributed by atoms with van der Waals surface area (Å²) in [6.45, 7) is 4.60. The van der Waals surface area contributed by atoms with Gasteiger partial charge >= 0.3 is 0 Å². The maximum atomic E-state index is 14.8. The predicted molar refractivity (Wildman–Crippen MR) is 130 cm³/mol. The van der Waals surface area contributed by atoms with E-state index in [0.29, 0.717) is 41.5 Å². The smallest absolute Gasteiger partial charge is 0.266 e. The monoisotopic (exact) mass is 497 g/mol. The van der Waals surface area contributed by atoms with Gasteiger partial charge in [0.15, 0.2) is 0 Å². The number of rotatable bonds is 7. The second kappa shape index (κ2) is 9.77. The van der Waals surface area contributed by atoms with Crippen LogP contribution in [0, 0.1) is 12.7 Å². The Kier molecular flexibility index (Phi) is 6.53. The van der Waals surface area contributed by atoms with Crippen LogP contribution in [0.5, 0.6) is 5.75 Å². The number of benzene rings is 2. The van der Waals surface area contributed by atoms with Crippen molar-refractivity contribution in [2.45, 2.75) is 38.8 Å². The Morgan fingerprint density at radius 1 is 1.19 bits per heavy atom. The summed E-state index contributed by atoms with van der Waals surface area (Å²) in [5, 5.41) is 8.15. The third kappa shape index (κ3) is 4.73. The second-order valence-corrected chi connectivity index (χ2v) is 8.91. The molecule has 1 N–H and O–H groups in total. The molecule has 4 aromatic rings. The zero-order valence-corrected chi connectivity index (χ0v) is 20.1. The van der Waals surface area contributed by atoms with Crippen LogP contribution in [-0.2, 0) is 11.8 Å². The lowest BCUT2D eigenvalue weighted by molar-refractivity contribution is 0.142. The number of aromatic nitrogens is 4. The summed E-state index contributed by atoms with van der Waals surface area (Å²) >= 11 is 0. The maximum Gasteiger partial charge on any atom is 0.266 e. The number of hydrogen-bond acceptors (Lipinski definition) is 6. The SMILES string of the molecule is Cc1nc(N[C@H](C)c2cccc(C(F)F)c2F)c2cc(O[C@H]3CCOC3)c(-c3cnn(C)c3)cc2n1. The highest BCUT2D eigenvalue weighted by Gasteiger charge is 2.23. The number of hydrogen-bond donors (Lipinski definition) is 1. The average Bonchev–Trinajstić information content (AvgIpc) is 3.50. The van der Waals surface area contributed by atoms with E-state index in [2.05, 4.69) is 20.4 Å². The van der Waals surface area contributed by atoms with Gasteiger partial charge in [0.05, 0.1) is 36.5 Å². The highest BCUT2D eigenvalue weighted by Crippen LogP contribution is 2.38. The predicted octanol–water partition coefficient (Wildman–Crippen LogP) is 5.76. The molecule has 36 heavy (non-hydrogen) atoms. The molecule has 0 aliphatic carbocycles. The van der Waals surface area contributed by atoms with Gasteiger partial charge in [-0.1, -0.05) is 18.2 Å². The zero-order chi connectivity index (χ0) is 25.4. The molecule has 1 fully saturated rings. The maximum absolute atomic E-state index is 14.8. The van der Waals surface area contributed by atoms with E-state index in [1.54, 1.807) is 24.7 Å². The van der Waals surface area contributed by atoms with Crippen molar-refractivity contribution in [2.24, 2.45) is 7.05 Å². The van der Waals surface area contributed by atoms with Gasteiger partial charge in [0.2, 0.25) is 0 Å². The molecule has 0 amide bonds. The minimum Gasteiger partial charge on any atom is -0.487 e. The largest absolute Gasteiger partial charge is 0.487 e. The standard InChI is InChI=1S/C26H26F3N5O2/c1-14(18-5-4-6-19(24(18)27)25(28)29)31-26-21-10-23(36-17-7-8-35-13-17)20(16-11-30-34(3)12-16)9-22(21)32-15(2)33-26/h4-6,9-12,14,17,25H,7-8,13H2,1-3H3,(H,31,32,33)/t14-,17+/m1/s1. The Morgan fingerprint density at radius 2 is 2.00 bits per heavy atom. The van der Waals surface area contributed by atoms with Crippen LogP contribution >= 0.6 is 0 Å². The number of nitrogens with zero attached hydrogens (tertiary/aromatic N) is 4. The molecule has 2 aromatic carbocycles. The van der Waals surface area contributed by atoms with Crippen LogP contribution in [0.2, 0.25) is 0 Å². The van der Waals surface area contributed by atoms with Crippen LogP contribution in [0.25, 0.3) is 22.0 Å². The third-order valence-corrected chi connectivity index (χ3v) is 6.22. The molecule has 2 atom stereocenters. The lowest BCUT2D eigenvalue weighted by Crippen LogP contribution is -2.16. The van der Waals surface area contributed by atoms with Gasteiger partial charge in [-0.2, -0.15) is 5.10 Å². The Morgan fingerprint density at radius 3 is 2.69 bits per heavy atom. The molecule has 5 rings (SSSR count). The Balaban J connectivity index is 1.58. The van der Waals surface area contributed by atoms with Gasteiger partial charge in [-0.3, -0.25) is 4.68 Å². The van der Waals surface area contributed by atoms with Crippen molar-refractivity contribution < 1.29 is 22.6 Å². The fourth-order valence-corrected chi connectivity index (χ4v) is 4.40. The van der Waals surface area contributed by atoms with Crippen LogP contribution in [0.15, 0.2) is 42.7 Å². The van der Waals surface area contributed by atoms with E-state index in [0.717, 1.165) is 23.6 Å².